The van der Waals surface area contributed by atoms with Crippen LogP contribution in [0.15, 0.2) is 29.2 Å². The molecule has 1 saturated heterocycles. The number of anilines is 1. The number of carboxylic acids is 1. The topological polar surface area (TPSA) is 125 Å². The minimum Gasteiger partial charge on any atom is -0.480 e. The molecule has 0 amide bonds. The Hall–Kier alpha value is -2.33. The van der Waals surface area contributed by atoms with Crippen molar-refractivity contribution in [3.05, 3.63) is 50.4 Å². The van der Waals surface area contributed by atoms with Gasteiger partial charge >= 0.3 is 5.97 Å². The van der Waals surface area contributed by atoms with Crippen LogP contribution in [0.4, 0.5) is 5.95 Å². The average molecular weight is 460 g/mol. The third-order valence-electron chi connectivity index (χ3n) is 4.65. The van der Waals surface area contributed by atoms with Crippen LogP contribution in [0, 0.1) is 0 Å². The summed E-state index contributed by atoms with van der Waals surface area (Å²) < 4.78 is 1.54. The van der Waals surface area contributed by atoms with Crippen LogP contribution in [0.25, 0.3) is 11.0 Å². The molecule has 0 radical (unpaired) electrons. The van der Waals surface area contributed by atoms with E-state index in [1.807, 2.05) is 6.07 Å². The number of H-pyrrole nitrogens is 1. The van der Waals surface area contributed by atoms with Gasteiger partial charge in [0.25, 0.3) is 5.56 Å². The van der Waals surface area contributed by atoms with Crippen LogP contribution in [0.2, 0.25) is 10.0 Å². The summed E-state index contributed by atoms with van der Waals surface area (Å²) in [5.74, 6) is -0.615. The van der Waals surface area contributed by atoms with Crippen LogP contribution in [0.1, 0.15) is 18.0 Å². The molecule has 1 aliphatic heterocycles. The standard InChI is InChI=1S/C17H16Cl2N6O3.ClH/c18-10-2-1-8(3-11(10)19)5-21-17-23-13-7-22-25(14(13)15(26)24-17)9-4-12(16(27)28)20-6-9;/h1-3,7,9,12,20H,4-6H2,(H,27,28)(H2,21,23,24,26);1H. The lowest BCUT2D eigenvalue weighted by atomic mass is 10.2. The second kappa shape index (κ2) is 8.58. The molecule has 29 heavy (non-hydrogen) atoms. The van der Waals surface area contributed by atoms with Gasteiger partial charge < -0.3 is 15.7 Å². The fraction of sp³-hybridized carbons (Fsp3) is 0.294. The van der Waals surface area contributed by atoms with Gasteiger partial charge in [-0.15, -0.1) is 12.4 Å². The van der Waals surface area contributed by atoms with E-state index < -0.39 is 12.0 Å². The summed E-state index contributed by atoms with van der Waals surface area (Å²) in [7, 11) is 0. The van der Waals surface area contributed by atoms with Crippen molar-refractivity contribution in [2.45, 2.75) is 25.0 Å². The van der Waals surface area contributed by atoms with Crippen molar-refractivity contribution in [2.75, 3.05) is 11.9 Å². The van der Waals surface area contributed by atoms with E-state index in [2.05, 4.69) is 25.7 Å². The number of aliphatic carboxylic acids is 1. The van der Waals surface area contributed by atoms with Gasteiger partial charge in [0.2, 0.25) is 5.95 Å². The molecular weight excluding hydrogens is 443 g/mol. The van der Waals surface area contributed by atoms with Gasteiger partial charge in [-0.2, -0.15) is 5.10 Å². The molecule has 12 heteroatoms. The molecule has 3 heterocycles. The number of nitrogens with zero attached hydrogens (tertiary/aromatic N) is 3. The highest BCUT2D eigenvalue weighted by Crippen LogP contribution is 2.24. The smallest absolute Gasteiger partial charge is 0.320 e. The van der Waals surface area contributed by atoms with Crippen molar-refractivity contribution in [2.24, 2.45) is 0 Å². The van der Waals surface area contributed by atoms with Crippen molar-refractivity contribution in [1.29, 1.82) is 0 Å². The molecular formula is C17H17Cl3N6O3. The Morgan fingerprint density at radius 3 is 2.83 bits per heavy atom. The van der Waals surface area contributed by atoms with E-state index in [9.17, 15) is 9.59 Å². The van der Waals surface area contributed by atoms with E-state index in [1.165, 1.54) is 6.20 Å². The Morgan fingerprint density at radius 1 is 1.34 bits per heavy atom. The zero-order valence-corrected chi connectivity index (χ0v) is 17.2. The summed E-state index contributed by atoms with van der Waals surface area (Å²) in [6.45, 7) is 0.816. The Bertz CT molecular complexity index is 1120. The largest absolute Gasteiger partial charge is 0.480 e. The van der Waals surface area contributed by atoms with E-state index in [-0.39, 0.29) is 24.0 Å². The summed E-state index contributed by atoms with van der Waals surface area (Å²) >= 11 is 11.9. The highest BCUT2D eigenvalue weighted by molar-refractivity contribution is 6.42. The SMILES string of the molecule is Cl.O=C(O)C1CC(n2ncc3nc(NCc4ccc(Cl)c(Cl)c4)[nH]c(=O)c32)CN1. The van der Waals surface area contributed by atoms with Gasteiger partial charge in [-0.25, -0.2) is 4.98 Å². The zero-order chi connectivity index (χ0) is 19.8. The molecule has 154 valence electrons. The highest BCUT2D eigenvalue weighted by atomic mass is 35.5. The molecule has 9 nitrogen and oxygen atoms in total. The van der Waals surface area contributed by atoms with E-state index in [1.54, 1.807) is 16.8 Å². The Balaban J connectivity index is 0.00000240. The van der Waals surface area contributed by atoms with Gasteiger partial charge in [-0.05, 0) is 24.1 Å². The maximum Gasteiger partial charge on any atom is 0.320 e. The lowest BCUT2D eigenvalue weighted by Crippen LogP contribution is -2.29. The molecule has 1 aromatic carbocycles. The summed E-state index contributed by atoms with van der Waals surface area (Å²) in [6, 6.07) is 4.38. The molecule has 1 fully saturated rings. The first-order valence-corrected chi connectivity index (χ1v) is 9.29. The van der Waals surface area contributed by atoms with Crippen LogP contribution in [0.3, 0.4) is 0 Å². The molecule has 1 aliphatic rings. The molecule has 3 aromatic rings. The maximum atomic E-state index is 12.6. The number of rotatable bonds is 5. The van der Waals surface area contributed by atoms with Crippen molar-refractivity contribution < 1.29 is 9.90 Å². The third-order valence-corrected chi connectivity index (χ3v) is 5.39. The molecule has 4 rings (SSSR count). The first-order valence-electron chi connectivity index (χ1n) is 8.54. The predicted molar refractivity (Wildman–Crippen MR) is 112 cm³/mol. The van der Waals surface area contributed by atoms with Crippen molar-refractivity contribution in [1.82, 2.24) is 25.1 Å². The number of halogens is 3. The van der Waals surface area contributed by atoms with Gasteiger partial charge in [0.05, 0.1) is 22.3 Å². The number of aromatic amines is 1. The predicted octanol–water partition coefficient (Wildman–Crippen LogP) is 2.45. The van der Waals surface area contributed by atoms with Crippen molar-refractivity contribution in [3.8, 4) is 0 Å². The Labute approximate surface area is 180 Å². The molecule has 4 N–H and O–H groups in total. The summed E-state index contributed by atoms with van der Waals surface area (Å²) in [5.41, 5.74) is 1.28. The fourth-order valence-corrected chi connectivity index (χ4v) is 3.58. The van der Waals surface area contributed by atoms with Crippen LogP contribution >= 0.6 is 35.6 Å². The summed E-state index contributed by atoms with van der Waals surface area (Å²) in [5, 5.41) is 20.3. The quantitative estimate of drug-likeness (QED) is 0.462. The maximum absolute atomic E-state index is 12.6. The van der Waals surface area contributed by atoms with Crippen molar-refractivity contribution >= 4 is 58.6 Å². The second-order valence-corrected chi connectivity index (χ2v) is 7.34. The Morgan fingerprint density at radius 2 is 2.14 bits per heavy atom. The lowest BCUT2D eigenvalue weighted by molar-refractivity contribution is -0.139. The molecule has 2 atom stereocenters. The minimum atomic E-state index is -0.917. The van der Waals surface area contributed by atoms with Gasteiger partial charge in [0.15, 0.2) is 5.52 Å². The molecule has 2 unspecified atom stereocenters. The third kappa shape index (κ3) is 4.32. The number of carbonyl (C=O) groups is 1. The molecule has 0 spiro atoms. The van der Waals surface area contributed by atoms with Gasteiger partial charge in [-0.3, -0.25) is 19.3 Å². The number of hydrogen-bond donors (Lipinski definition) is 4. The van der Waals surface area contributed by atoms with Crippen LogP contribution in [-0.4, -0.2) is 43.4 Å². The van der Waals surface area contributed by atoms with Crippen LogP contribution in [-0.2, 0) is 11.3 Å². The van der Waals surface area contributed by atoms with E-state index in [4.69, 9.17) is 28.3 Å². The van der Waals surface area contributed by atoms with Crippen LogP contribution in [0.5, 0.6) is 0 Å². The average Bonchev–Trinajstić information content (AvgIpc) is 3.29. The minimum absolute atomic E-state index is 0. The number of carboxylic acid groups (broad SMARTS) is 1. The van der Waals surface area contributed by atoms with Gasteiger partial charge in [0.1, 0.15) is 11.6 Å². The second-order valence-electron chi connectivity index (χ2n) is 6.53. The molecule has 0 aliphatic carbocycles. The summed E-state index contributed by atoms with van der Waals surface area (Å²) in [4.78, 5) is 30.8. The number of benzene rings is 1. The number of aromatic nitrogens is 4. The van der Waals surface area contributed by atoms with E-state index >= 15 is 0 Å². The molecule has 2 aromatic heterocycles. The van der Waals surface area contributed by atoms with E-state index in [0.29, 0.717) is 46.5 Å². The fourth-order valence-electron chi connectivity index (χ4n) is 3.26. The molecule has 0 saturated carbocycles. The molecule has 0 bridgehead atoms. The van der Waals surface area contributed by atoms with Crippen molar-refractivity contribution in [3.63, 3.8) is 0 Å². The highest BCUT2D eigenvalue weighted by Gasteiger charge is 2.32. The number of nitrogens with one attached hydrogen (secondary N) is 3. The van der Waals surface area contributed by atoms with E-state index in [0.717, 1.165) is 5.56 Å². The van der Waals surface area contributed by atoms with Gasteiger partial charge in [0, 0.05) is 13.1 Å². The summed E-state index contributed by atoms with van der Waals surface area (Å²) in [6.07, 6.45) is 1.85. The zero-order valence-electron chi connectivity index (χ0n) is 14.9. The number of fused-ring (bicyclic) bond motifs is 1. The lowest BCUT2D eigenvalue weighted by Gasteiger charge is -2.11. The Kier molecular flexibility index (Phi) is 6.33. The first-order chi connectivity index (χ1) is 13.4. The normalized spacial score (nSPS) is 18.6. The van der Waals surface area contributed by atoms with Crippen LogP contribution < -0.4 is 16.2 Å². The number of hydrogen-bond acceptors (Lipinski definition) is 6. The van der Waals surface area contributed by atoms with Gasteiger partial charge in [-0.1, -0.05) is 29.3 Å². The first kappa shape index (κ1) is 21.4. The monoisotopic (exact) mass is 458 g/mol.